The standard InChI is InChI=1S/C17H21N3OS/c1-12(2)13-3-5-14(6-4-13)17-19-15(11-22-17)9-20-8-7-18-16(21)10-20/h3-6,11-12H,7-10H2,1-2H3,(H,18,21). The van der Waals surface area contributed by atoms with Crippen LogP contribution in [0, 0.1) is 0 Å². The number of hydrogen-bond acceptors (Lipinski definition) is 4. The Morgan fingerprint density at radius 3 is 2.77 bits per heavy atom. The van der Waals surface area contributed by atoms with Crippen LogP contribution in [-0.2, 0) is 11.3 Å². The fourth-order valence-corrected chi connectivity index (χ4v) is 3.40. The topological polar surface area (TPSA) is 45.2 Å². The highest BCUT2D eigenvalue weighted by Gasteiger charge is 2.17. The van der Waals surface area contributed by atoms with Gasteiger partial charge in [0.05, 0.1) is 12.2 Å². The van der Waals surface area contributed by atoms with Gasteiger partial charge in [0, 0.05) is 30.6 Å². The number of benzene rings is 1. The lowest BCUT2D eigenvalue weighted by atomic mass is 10.0. The molecule has 22 heavy (non-hydrogen) atoms. The van der Waals surface area contributed by atoms with Gasteiger partial charge < -0.3 is 5.32 Å². The molecule has 1 N–H and O–H groups in total. The molecule has 5 heteroatoms. The van der Waals surface area contributed by atoms with Gasteiger partial charge in [0.1, 0.15) is 5.01 Å². The van der Waals surface area contributed by atoms with E-state index in [0.29, 0.717) is 12.5 Å². The quantitative estimate of drug-likeness (QED) is 0.943. The van der Waals surface area contributed by atoms with Crippen molar-refractivity contribution in [2.24, 2.45) is 0 Å². The van der Waals surface area contributed by atoms with Crippen LogP contribution in [0.25, 0.3) is 10.6 Å². The molecule has 0 bridgehead atoms. The van der Waals surface area contributed by atoms with Gasteiger partial charge in [-0.15, -0.1) is 11.3 Å². The van der Waals surface area contributed by atoms with Crippen LogP contribution in [0.4, 0.5) is 0 Å². The highest BCUT2D eigenvalue weighted by atomic mass is 32.1. The maximum atomic E-state index is 11.4. The van der Waals surface area contributed by atoms with E-state index < -0.39 is 0 Å². The number of rotatable bonds is 4. The Morgan fingerprint density at radius 1 is 1.32 bits per heavy atom. The number of hydrogen-bond donors (Lipinski definition) is 1. The van der Waals surface area contributed by atoms with Crippen molar-refractivity contribution in [3.05, 3.63) is 40.9 Å². The Morgan fingerprint density at radius 2 is 2.09 bits per heavy atom. The minimum atomic E-state index is 0.103. The fourth-order valence-electron chi connectivity index (χ4n) is 2.58. The van der Waals surface area contributed by atoms with Crippen molar-refractivity contribution in [3.8, 4) is 10.6 Å². The van der Waals surface area contributed by atoms with E-state index in [9.17, 15) is 4.79 Å². The van der Waals surface area contributed by atoms with Gasteiger partial charge >= 0.3 is 0 Å². The molecule has 4 nitrogen and oxygen atoms in total. The first kappa shape index (κ1) is 15.2. The number of thiazole rings is 1. The molecule has 0 aliphatic carbocycles. The van der Waals surface area contributed by atoms with Crippen molar-refractivity contribution in [3.63, 3.8) is 0 Å². The summed E-state index contributed by atoms with van der Waals surface area (Å²) in [6.07, 6.45) is 0. The molecule has 2 aromatic rings. The lowest BCUT2D eigenvalue weighted by Crippen LogP contribution is -2.47. The van der Waals surface area contributed by atoms with Gasteiger partial charge in [-0.05, 0) is 11.5 Å². The van der Waals surface area contributed by atoms with E-state index >= 15 is 0 Å². The second kappa shape index (κ2) is 6.58. The fraction of sp³-hybridized carbons (Fsp3) is 0.412. The van der Waals surface area contributed by atoms with E-state index in [4.69, 9.17) is 4.98 Å². The molecule has 1 aromatic carbocycles. The second-order valence-corrected chi connectivity index (χ2v) is 6.84. The normalized spacial score (nSPS) is 16.0. The van der Waals surface area contributed by atoms with E-state index in [-0.39, 0.29) is 5.91 Å². The van der Waals surface area contributed by atoms with Crippen LogP contribution in [0.3, 0.4) is 0 Å². The van der Waals surface area contributed by atoms with Crippen LogP contribution < -0.4 is 5.32 Å². The van der Waals surface area contributed by atoms with Crippen molar-refractivity contribution >= 4 is 17.2 Å². The third-order valence-electron chi connectivity index (χ3n) is 3.88. The lowest BCUT2D eigenvalue weighted by molar-refractivity contribution is -0.124. The zero-order valence-corrected chi connectivity index (χ0v) is 13.8. The smallest absolute Gasteiger partial charge is 0.234 e. The summed E-state index contributed by atoms with van der Waals surface area (Å²) in [4.78, 5) is 18.3. The first-order chi connectivity index (χ1) is 10.6. The maximum Gasteiger partial charge on any atom is 0.234 e. The zero-order valence-electron chi connectivity index (χ0n) is 13.0. The van der Waals surface area contributed by atoms with Gasteiger partial charge in [0.2, 0.25) is 5.91 Å². The molecule has 1 aliphatic heterocycles. The van der Waals surface area contributed by atoms with Crippen LogP contribution >= 0.6 is 11.3 Å². The van der Waals surface area contributed by atoms with E-state index in [1.165, 1.54) is 5.56 Å². The molecule has 0 atom stereocenters. The summed E-state index contributed by atoms with van der Waals surface area (Å²) >= 11 is 1.67. The molecule has 1 fully saturated rings. The Labute approximate surface area is 135 Å². The third kappa shape index (κ3) is 3.54. The van der Waals surface area contributed by atoms with Crippen molar-refractivity contribution < 1.29 is 4.79 Å². The zero-order chi connectivity index (χ0) is 15.5. The SMILES string of the molecule is CC(C)c1ccc(-c2nc(CN3CCNC(=O)C3)cs2)cc1. The molecule has 3 rings (SSSR count). The lowest BCUT2D eigenvalue weighted by Gasteiger charge is -2.25. The molecule has 1 saturated heterocycles. The van der Waals surface area contributed by atoms with Gasteiger partial charge in [0.25, 0.3) is 0 Å². The number of aromatic nitrogens is 1. The number of nitrogens with one attached hydrogen (secondary N) is 1. The summed E-state index contributed by atoms with van der Waals surface area (Å²) in [6, 6.07) is 8.64. The molecule has 0 spiro atoms. The minimum Gasteiger partial charge on any atom is -0.354 e. The van der Waals surface area contributed by atoms with Crippen LogP contribution in [0.5, 0.6) is 0 Å². The van der Waals surface area contributed by atoms with E-state index in [2.05, 4.69) is 53.7 Å². The largest absolute Gasteiger partial charge is 0.354 e. The van der Waals surface area contributed by atoms with Gasteiger partial charge in [-0.25, -0.2) is 4.98 Å². The molecular weight excluding hydrogens is 294 g/mol. The Kier molecular flexibility index (Phi) is 4.55. The van der Waals surface area contributed by atoms with Crippen molar-refractivity contribution in [2.75, 3.05) is 19.6 Å². The predicted molar refractivity (Wildman–Crippen MR) is 89.9 cm³/mol. The highest BCUT2D eigenvalue weighted by molar-refractivity contribution is 7.13. The van der Waals surface area contributed by atoms with Gasteiger partial charge in [-0.2, -0.15) is 0 Å². The third-order valence-corrected chi connectivity index (χ3v) is 4.82. The number of amides is 1. The Bertz CT molecular complexity index is 648. The molecule has 0 unspecified atom stereocenters. The van der Waals surface area contributed by atoms with Gasteiger partial charge in [-0.3, -0.25) is 9.69 Å². The molecule has 0 radical (unpaired) electrons. The number of carbonyl (C=O) groups excluding carboxylic acids is 1. The van der Waals surface area contributed by atoms with Crippen molar-refractivity contribution in [1.82, 2.24) is 15.2 Å². The monoisotopic (exact) mass is 315 g/mol. The molecule has 1 aliphatic rings. The van der Waals surface area contributed by atoms with Crippen LogP contribution in [-0.4, -0.2) is 35.4 Å². The molecule has 2 heterocycles. The van der Waals surface area contributed by atoms with E-state index in [1.54, 1.807) is 11.3 Å². The molecule has 1 amide bonds. The first-order valence-electron chi connectivity index (χ1n) is 7.65. The molecule has 0 saturated carbocycles. The summed E-state index contributed by atoms with van der Waals surface area (Å²) in [7, 11) is 0. The predicted octanol–water partition coefficient (Wildman–Crippen LogP) is 2.87. The minimum absolute atomic E-state index is 0.103. The molecule has 1 aromatic heterocycles. The van der Waals surface area contributed by atoms with Crippen LogP contribution in [0.1, 0.15) is 31.0 Å². The summed E-state index contributed by atoms with van der Waals surface area (Å²) in [6.45, 7) is 7.23. The number of piperazine rings is 1. The maximum absolute atomic E-state index is 11.4. The Hall–Kier alpha value is -1.72. The summed E-state index contributed by atoms with van der Waals surface area (Å²) in [5.74, 6) is 0.650. The number of carbonyl (C=O) groups is 1. The average Bonchev–Trinajstić information content (AvgIpc) is 2.96. The van der Waals surface area contributed by atoms with Gasteiger partial charge in [0.15, 0.2) is 0 Å². The molecule has 116 valence electrons. The summed E-state index contributed by atoms with van der Waals surface area (Å²) in [5.41, 5.74) is 3.56. The summed E-state index contributed by atoms with van der Waals surface area (Å²) < 4.78 is 0. The molecular formula is C17H21N3OS. The van der Waals surface area contributed by atoms with Crippen LogP contribution in [0.2, 0.25) is 0 Å². The van der Waals surface area contributed by atoms with Gasteiger partial charge in [-0.1, -0.05) is 38.1 Å². The number of nitrogens with zero attached hydrogens (tertiary/aromatic N) is 2. The van der Waals surface area contributed by atoms with Crippen molar-refractivity contribution in [1.29, 1.82) is 0 Å². The van der Waals surface area contributed by atoms with Crippen LogP contribution in [0.15, 0.2) is 29.6 Å². The van der Waals surface area contributed by atoms with E-state index in [1.807, 2.05) is 0 Å². The van der Waals surface area contributed by atoms with Crippen molar-refractivity contribution in [2.45, 2.75) is 26.3 Å². The first-order valence-corrected chi connectivity index (χ1v) is 8.53. The van der Waals surface area contributed by atoms with E-state index in [0.717, 1.165) is 35.9 Å². The summed E-state index contributed by atoms with van der Waals surface area (Å²) in [5, 5.41) is 5.99. The second-order valence-electron chi connectivity index (χ2n) is 5.98. The Balaban J connectivity index is 1.69. The highest BCUT2D eigenvalue weighted by Crippen LogP contribution is 2.26. The average molecular weight is 315 g/mol.